The molecule has 0 saturated carbocycles. The molecule has 4 nitrogen and oxygen atoms in total. The van der Waals surface area contributed by atoms with Gasteiger partial charge in [0.25, 0.3) is 5.19 Å². The first kappa shape index (κ1) is 9.82. The van der Waals surface area contributed by atoms with E-state index in [1.165, 1.54) is 17.5 Å². The smallest absolute Gasteiger partial charge is 0.300 e. The van der Waals surface area contributed by atoms with E-state index in [0.717, 1.165) is 0 Å². The van der Waals surface area contributed by atoms with Gasteiger partial charge >= 0.3 is 0 Å². The Balaban J connectivity index is 2.18. The highest BCUT2D eigenvalue weighted by molar-refractivity contribution is 9.11. The van der Waals surface area contributed by atoms with Gasteiger partial charge in [0.05, 0.1) is 11.2 Å². The first-order valence-corrected chi connectivity index (χ1v) is 5.50. The monoisotopic (exact) mass is 291 g/mol. The van der Waals surface area contributed by atoms with Crippen LogP contribution in [0.2, 0.25) is 5.02 Å². The summed E-state index contributed by atoms with van der Waals surface area (Å²) in [6.07, 6.45) is 3.09. The average Bonchev–Trinajstić information content (AvgIpc) is 2.51. The van der Waals surface area contributed by atoms with Gasteiger partial charge in [0.2, 0.25) is 0 Å². The van der Waals surface area contributed by atoms with Crippen LogP contribution in [0.15, 0.2) is 22.4 Å². The summed E-state index contributed by atoms with van der Waals surface area (Å²) in [4.78, 5) is 3.87. The number of nitrogens with zero attached hydrogens (tertiary/aromatic N) is 3. The summed E-state index contributed by atoms with van der Waals surface area (Å²) in [7, 11) is 0. The second-order valence-corrected chi connectivity index (χ2v) is 4.91. The van der Waals surface area contributed by atoms with Gasteiger partial charge in [-0.1, -0.05) is 16.7 Å². The molecule has 0 amide bonds. The fourth-order valence-corrected chi connectivity index (χ4v) is 1.89. The molecular weight excluding hydrogens is 290 g/mol. The van der Waals surface area contributed by atoms with Gasteiger partial charge in [-0.2, -0.15) is 0 Å². The molecule has 0 radical (unpaired) electrons. The maximum absolute atomic E-state index is 5.73. The molecule has 0 atom stereocenters. The fraction of sp³-hybridized carbons (Fsp3) is 0. The lowest BCUT2D eigenvalue weighted by atomic mass is 10.5. The van der Waals surface area contributed by atoms with Gasteiger partial charge in [-0.3, -0.25) is 4.98 Å². The van der Waals surface area contributed by atoms with Crippen LogP contribution in [0.5, 0.6) is 10.9 Å². The lowest BCUT2D eigenvalue weighted by molar-refractivity contribution is 0.471. The minimum Gasteiger partial charge on any atom is -0.428 e. The van der Waals surface area contributed by atoms with Crippen molar-refractivity contribution < 1.29 is 4.74 Å². The van der Waals surface area contributed by atoms with Crippen molar-refractivity contribution in [2.45, 2.75) is 0 Å². The van der Waals surface area contributed by atoms with E-state index in [4.69, 9.17) is 16.3 Å². The molecule has 0 unspecified atom stereocenters. The molecule has 2 rings (SSSR count). The molecule has 0 bridgehead atoms. The fourth-order valence-electron chi connectivity index (χ4n) is 0.783. The van der Waals surface area contributed by atoms with Gasteiger partial charge in [0.15, 0.2) is 3.92 Å². The third-order valence-corrected chi connectivity index (χ3v) is 2.71. The van der Waals surface area contributed by atoms with Crippen molar-refractivity contribution in [3.05, 3.63) is 27.4 Å². The van der Waals surface area contributed by atoms with Crippen LogP contribution in [0.3, 0.4) is 0 Å². The van der Waals surface area contributed by atoms with E-state index in [1.54, 1.807) is 12.3 Å². The predicted octanol–water partition coefficient (Wildman–Crippen LogP) is 3.14. The van der Waals surface area contributed by atoms with Gasteiger partial charge in [-0.25, -0.2) is 0 Å². The zero-order valence-corrected chi connectivity index (χ0v) is 9.80. The molecule has 0 aliphatic carbocycles. The van der Waals surface area contributed by atoms with Crippen molar-refractivity contribution >= 4 is 38.9 Å². The number of pyridine rings is 1. The van der Waals surface area contributed by atoms with Crippen molar-refractivity contribution in [1.29, 1.82) is 0 Å². The Labute approximate surface area is 97.0 Å². The zero-order chi connectivity index (χ0) is 9.97. The molecule has 2 heterocycles. The highest BCUT2D eigenvalue weighted by atomic mass is 79.9. The van der Waals surface area contributed by atoms with Gasteiger partial charge in [0, 0.05) is 12.3 Å². The van der Waals surface area contributed by atoms with Crippen molar-refractivity contribution in [3.8, 4) is 10.9 Å². The van der Waals surface area contributed by atoms with E-state index in [2.05, 4.69) is 31.1 Å². The summed E-state index contributed by atoms with van der Waals surface area (Å²) in [6, 6.07) is 1.66. The Kier molecular flexibility index (Phi) is 2.95. The summed E-state index contributed by atoms with van der Waals surface area (Å²) in [6.45, 7) is 0. The SMILES string of the molecule is Clc1cncc(Oc2nnc(Br)s2)c1. The molecule has 0 aliphatic rings. The lowest BCUT2D eigenvalue weighted by Gasteiger charge is -1.99. The second-order valence-electron chi connectivity index (χ2n) is 2.26. The average molecular weight is 293 g/mol. The molecule has 0 aliphatic heterocycles. The van der Waals surface area contributed by atoms with Crippen LogP contribution in [-0.4, -0.2) is 15.2 Å². The van der Waals surface area contributed by atoms with Crippen LogP contribution in [0.1, 0.15) is 0 Å². The van der Waals surface area contributed by atoms with Crippen LogP contribution < -0.4 is 4.74 Å². The predicted molar refractivity (Wildman–Crippen MR) is 56.9 cm³/mol. The molecule has 2 aromatic heterocycles. The van der Waals surface area contributed by atoms with Crippen LogP contribution in [-0.2, 0) is 0 Å². The molecule has 0 N–H and O–H groups in total. The number of ether oxygens (including phenoxy) is 1. The molecule has 72 valence electrons. The Hall–Kier alpha value is -0.720. The van der Waals surface area contributed by atoms with Crippen LogP contribution in [0, 0.1) is 0 Å². The summed E-state index contributed by atoms with van der Waals surface area (Å²) in [5, 5.41) is 8.48. The summed E-state index contributed by atoms with van der Waals surface area (Å²) in [5.41, 5.74) is 0. The van der Waals surface area contributed by atoms with Gasteiger partial charge < -0.3 is 4.74 Å². The largest absolute Gasteiger partial charge is 0.428 e. The number of rotatable bonds is 2. The number of aromatic nitrogens is 3. The Morgan fingerprint density at radius 3 is 2.86 bits per heavy atom. The summed E-state index contributed by atoms with van der Waals surface area (Å²) >= 11 is 10.2. The maximum Gasteiger partial charge on any atom is 0.300 e. The van der Waals surface area contributed by atoms with Gasteiger partial charge in [-0.15, -0.1) is 5.10 Å². The quantitative estimate of drug-likeness (QED) is 0.853. The summed E-state index contributed by atoms with van der Waals surface area (Å²) < 4.78 is 6.02. The van der Waals surface area contributed by atoms with Crippen LogP contribution in [0.25, 0.3) is 0 Å². The van der Waals surface area contributed by atoms with Crippen LogP contribution in [0.4, 0.5) is 0 Å². The molecule has 0 aromatic carbocycles. The zero-order valence-electron chi connectivity index (χ0n) is 6.65. The second kappa shape index (κ2) is 4.20. The molecule has 0 saturated heterocycles. The van der Waals surface area contributed by atoms with E-state index >= 15 is 0 Å². The molecule has 0 spiro atoms. The maximum atomic E-state index is 5.73. The van der Waals surface area contributed by atoms with E-state index in [1.807, 2.05) is 0 Å². The number of hydrogen-bond donors (Lipinski definition) is 0. The topological polar surface area (TPSA) is 47.9 Å². The van der Waals surface area contributed by atoms with Crippen molar-refractivity contribution in [2.24, 2.45) is 0 Å². The third-order valence-electron chi connectivity index (χ3n) is 1.27. The molecular formula is C7H3BrClN3OS. The minimum atomic E-state index is 0.445. The van der Waals surface area contributed by atoms with E-state index in [0.29, 0.717) is 19.9 Å². The Morgan fingerprint density at radius 2 is 2.21 bits per heavy atom. The molecule has 2 aromatic rings. The van der Waals surface area contributed by atoms with Gasteiger partial charge in [-0.05, 0) is 27.3 Å². The third kappa shape index (κ3) is 2.40. The first-order chi connectivity index (χ1) is 6.74. The molecule has 7 heteroatoms. The van der Waals surface area contributed by atoms with Crippen LogP contribution >= 0.6 is 38.9 Å². The van der Waals surface area contributed by atoms with E-state index < -0.39 is 0 Å². The first-order valence-electron chi connectivity index (χ1n) is 3.51. The van der Waals surface area contributed by atoms with Crippen molar-refractivity contribution in [3.63, 3.8) is 0 Å². The molecule has 14 heavy (non-hydrogen) atoms. The lowest BCUT2D eigenvalue weighted by Crippen LogP contribution is -1.84. The Morgan fingerprint density at radius 1 is 1.36 bits per heavy atom. The van der Waals surface area contributed by atoms with E-state index in [9.17, 15) is 0 Å². The molecule has 0 fully saturated rings. The number of halogens is 2. The minimum absolute atomic E-state index is 0.445. The van der Waals surface area contributed by atoms with Crippen molar-refractivity contribution in [2.75, 3.05) is 0 Å². The van der Waals surface area contributed by atoms with Crippen molar-refractivity contribution in [1.82, 2.24) is 15.2 Å². The Bertz CT molecular complexity index is 450. The van der Waals surface area contributed by atoms with Gasteiger partial charge in [0.1, 0.15) is 5.75 Å². The number of hydrogen-bond acceptors (Lipinski definition) is 5. The summed E-state index contributed by atoms with van der Waals surface area (Å²) in [5.74, 6) is 0.543. The highest BCUT2D eigenvalue weighted by Gasteiger charge is 2.04. The van der Waals surface area contributed by atoms with E-state index in [-0.39, 0.29) is 0 Å². The normalized spacial score (nSPS) is 10.1. The highest BCUT2D eigenvalue weighted by Crippen LogP contribution is 2.27. The standard InChI is InChI=1S/C7H3BrClN3OS/c8-6-11-12-7(14-6)13-5-1-4(9)2-10-3-5/h1-3H.